The number of hydrogen-bond acceptors (Lipinski definition) is 20. The predicted molar refractivity (Wildman–Crippen MR) is 326 cm³/mol. The van der Waals surface area contributed by atoms with E-state index < -0.39 is 157 Å². The highest BCUT2D eigenvalue weighted by atomic mass is 16.7. The Morgan fingerprint density at radius 1 is 0.815 bits per heavy atom. The lowest BCUT2D eigenvalue weighted by atomic mass is 9.72. The van der Waals surface area contributed by atoms with Crippen molar-refractivity contribution in [2.75, 3.05) is 44.0 Å². The normalized spacial score (nSPS) is 24.5. The molecule has 0 saturated carbocycles. The van der Waals surface area contributed by atoms with Crippen LogP contribution in [-0.4, -0.2) is 178 Å². The molecule has 6 aliphatic rings. The zero-order valence-electron chi connectivity index (χ0n) is 51.6. The topological polar surface area (TPSA) is 357 Å². The Bertz CT molecular complexity index is 3540. The number of benzene rings is 4. The number of phenolic OH excluding ortho intramolecular Hbond substituents is 2. The van der Waals surface area contributed by atoms with Gasteiger partial charge >= 0.3 is 6.09 Å². The third-order valence-corrected chi connectivity index (χ3v) is 17.6. The van der Waals surface area contributed by atoms with Crippen molar-refractivity contribution in [2.24, 2.45) is 5.92 Å². The molecular weight excluding hydrogens is 1190 g/mol. The van der Waals surface area contributed by atoms with Crippen molar-refractivity contribution >= 4 is 64.4 Å². The zero-order chi connectivity index (χ0) is 65.7. The van der Waals surface area contributed by atoms with Crippen LogP contribution in [0.2, 0.25) is 0 Å². The number of amides is 6. The maximum Gasteiger partial charge on any atom is 0.411 e. The minimum absolute atomic E-state index is 0.0854. The first-order valence-corrected chi connectivity index (χ1v) is 30.9. The van der Waals surface area contributed by atoms with Crippen LogP contribution >= 0.6 is 0 Å². The number of nitrogens with one attached hydrogen (secondary N) is 5. The number of hydrogen-bond donors (Lipinski definition) is 9. The molecule has 1 unspecified atom stereocenters. The molecule has 26 heteroatoms. The maximum absolute atomic E-state index is 14.8. The number of rotatable bonds is 24. The molecule has 490 valence electrons. The van der Waals surface area contributed by atoms with Gasteiger partial charge in [-0.15, -0.1) is 0 Å². The molecule has 0 radical (unpaired) electrons. The smallest absolute Gasteiger partial charge is 0.411 e. The lowest BCUT2D eigenvalue weighted by Gasteiger charge is -2.43. The number of para-hydroxylation sites is 1. The molecular formula is C66H77N7O19. The number of unbranched alkanes of at least 4 members (excludes halogenated alkanes) is 2. The highest BCUT2D eigenvalue weighted by Crippen LogP contribution is 2.53. The van der Waals surface area contributed by atoms with Gasteiger partial charge in [0.1, 0.15) is 48.1 Å². The summed E-state index contributed by atoms with van der Waals surface area (Å²) in [4.78, 5) is 126. The number of ketones is 3. The first-order valence-electron chi connectivity index (χ1n) is 30.9. The molecule has 6 amide bonds. The van der Waals surface area contributed by atoms with Crippen molar-refractivity contribution in [3.8, 4) is 11.5 Å². The van der Waals surface area contributed by atoms with Crippen molar-refractivity contribution in [1.29, 1.82) is 0 Å². The van der Waals surface area contributed by atoms with Crippen LogP contribution in [0.5, 0.6) is 11.5 Å². The molecule has 0 spiro atoms. The first-order chi connectivity index (χ1) is 44.0. The van der Waals surface area contributed by atoms with Gasteiger partial charge in [0, 0.05) is 92.4 Å². The summed E-state index contributed by atoms with van der Waals surface area (Å²) in [6.45, 7) is 6.91. The molecule has 4 heterocycles. The van der Waals surface area contributed by atoms with Gasteiger partial charge in [-0.25, -0.2) is 4.79 Å². The summed E-state index contributed by atoms with van der Waals surface area (Å²) in [5.41, 5.74) is -3.15. The summed E-state index contributed by atoms with van der Waals surface area (Å²) >= 11 is 0. The fourth-order valence-corrected chi connectivity index (χ4v) is 12.9. The number of ether oxygens (including phenoxy) is 6. The number of aliphatic hydroxyl groups is 2. The van der Waals surface area contributed by atoms with Crippen molar-refractivity contribution in [3.63, 3.8) is 0 Å². The van der Waals surface area contributed by atoms with Crippen LogP contribution in [0.25, 0.3) is 0 Å². The predicted octanol–water partition coefficient (Wildman–Crippen LogP) is 4.07. The average molecular weight is 1270 g/mol. The SMILES string of the molecule is CO[C@H]1OCCN2[C@@H]1O[C@@H]1[C@H](C)O[C@@H](O[C@H]3C[C@](O)(C(C)=O)Cc4c(O)c5c(c(O)c43)C(=O)c3c(NC(=O)OCc4ccccc4NC(=O)CNC(=O)[C@H](CC(C)C)NC(=O)[C@H](Cc4ccccc4)NC(=O)CCCCCN4C(=O)C=CC4O)cccc3C5=O)C[C@@H]12. The minimum Gasteiger partial charge on any atom is -0.507 e. The van der Waals surface area contributed by atoms with E-state index >= 15 is 0 Å². The Morgan fingerprint density at radius 2 is 1.55 bits per heavy atom. The lowest BCUT2D eigenvalue weighted by Crippen LogP contribution is -2.55. The van der Waals surface area contributed by atoms with Gasteiger partial charge in [0.05, 0.1) is 47.7 Å². The van der Waals surface area contributed by atoms with E-state index in [1.165, 1.54) is 55.4 Å². The van der Waals surface area contributed by atoms with Crippen molar-refractivity contribution in [2.45, 2.75) is 159 Å². The van der Waals surface area contributed by atoms with Crippen LogP contribution in [0.15, 0.2) is 84.9 Å². The van der Waals surface area contributed by atoms with Crippen LogP contribution in [0, 0.1) is 5.92 Å². The Labute approximate surface area is 530 Å². The molecule has 4 aliphatic heterocycles. The van der Waals surface area contributed by atoms with Gasteiger partial charge in [-0.2, -0.15) is 0 Å². The van der Waals surface area contributed by atoms with Gasteiger partial charge in [0.2, 0.25) is 29.5 Å². The molecule has 3 saturated heterocycles. The van der Waals surface area contributed by atoms with Crippen LogP contribution in [-0.2, 0) is 76.6 Å². The minimum atomic E-state index is -2.14. The van der Waals surface area contributed by atoms with Crippen molar-refractivity contribution < 1.29 is 92.0 Å². The number of aromatic hydroxyl groups is 2. The third-order valence-electron chi connectivity index (χ3n) is 17.6. The molecule has 3 fully saturated rings. The molecule has 11 atom stereocenters. The fraction of sp³-hybridized carbons (Fsp3) is 0.470. The molecule has 4 aromatic rings. The van der Waals surface area contributed by atoms with Gasteiger partial charge in [-0.3, -0.25) is 48.6 Å². The number of nitrogens with zero attached hydrogens (tertiary/aromatic N) is 2. The van der Waals surface area contributed by atoms with E-state index in [-0.39, 0.29) is 77.2 Å². The molecule has 92 heavy (non-hydrogen) atoms. The Kier molecular flexibility index (Phi) is 20.6. The summed E-state index contributed by atoms with van der Waals surface area (Å²) in [6, 6.07) is 16.9. The van der Waals surface area contributed by atoms with E-state index in [2.05, 4.69) is 31.5 Å². The molecule has 2 aliphatic carbocycles. The van der Waals surface area contributed by atoms with E-state index in [9.17, 15) is 63.6 Å². The lowest BCUT2D eigenvalue weighted by molar-refractivity contribution is -0.256. The average Bonchev–Trinajstić information content (AvgIpc) is 0.764. The highest BCUT2D eigenvalue weighted by Gasteiger charge is 2.55. The summed E-state index contributed by atoms with van der Waals surface area (Å²) in [6.07, 6.45) is -2.62. The standard InChI is InChI=1S/C66H77N7O19/c1-34(2)27-43(70-62(84)44(28-37-15-8-6-9-16-37)69-47(75)21-10-7-13-24-73-49(77)22-23-50(73)78)61(83)67-32-48(76)68-41-19-12-11-17-38(41)33-89-65(85)71-42-20-14-18-39-52(42)58(81)55-54(56(39)79)57(80)40-30-66(86,36(4)74)31-46(53(40)59(55)82)91-51-29-45-60(35(3)90-51)92-63-64(87-5)88-26-25-72(45)63/h6,8-9,11-12,14-20,22-23,34-35,43-46,49,51,60,63-64,77,80,82,86H,7,10,13,21,24-33H2,1-5H3,(H,67,83)(H,68,76)(H,69,75)(H,70,84)(H,71,85)/t35-,43-,44-,45-,46-,49?,51-,60+,63+,64-,66-/m0/s1. The number of carbonyl (C=O) groups is 9. The molecule has 26 nitrogen and oxygen atoms in total. The second-order valence-electron chi connectivity index (χ2n) is 24.3. The van der Waals surface area contributed by atoms with Crippen LogP contribution < -0.4 is 26.6 Å². The Hall–Kier alpha value is -8.47. The molecule has 0 bridgehead atoms. The first kappa shape index (κ1) is 66.5. The number of methoxy groups -OCH3 is 1. The van der Waals surface area contributed by atoms with E-state index in [0.717, 1.165) is 5.56 Å². The molecule has 4 aromatic carbocycles. The number of Topliss-reactive ketones (excluding diaryl/α,β-unsaturated/α-hetero) is 1. The second kappa shape index (κ2) is 28.6. The monoisotopic (exact) mass is 1270 g/mol. The number of anilines is 2. The number of aliphatic hydroxyl groups excluding tert-OH is 1. The van der Waals surface area contributed by atoms with Crippen LogP contribution in [0.3, 0.4) is 0 Å². The third kappa shape index (κ3) is 14.4. The van der Waals surface area contributed by atoms with Crippen LogP contribution in [0.1, 0.15) is 133 Å². The summed E-state index contributed by atoms with van der Waals surface area (Å²) in [5, 5.41) is 59.5. The molecule has 9 N–H and O–H groups in total. The van der Waals surface area contributed by atoms with E-state index in [0.29, 0.717) is 44.5 Å². The zero-order valence-corrected chi connectivity index (χ0v) is 51.6. The second-order valence-corrected chi connectivity index (χ2v) is 24.3. The number of phenols is 2. The van der Waals surface area contributed by atoms with Gasteiger partial charge in [0.25, 0.3) is 0 Å². The molecule has 10 rings (SSSR count). The van der Waals surface area contributed by atoms with Gasteiger partial charge < -0.3 is 75.0 Å². The fourth-order valence-electron chi connectivity index (χ4n) is 12.9. The highest BCUT2D eigenvalue weighted by molar-refractivity contribution is 6.32. The quantitative estimate of drug-likeness (QED) is 0.0310. The molecule has 0 aromatic heterocycles. The summed E-state index contributed by atoms with van der Waals surface area (Å²) < 4.78 is 36.1. The number of fused-ring (bicyclic) bond motifs is 6. The Balaban J connectivity index is 0.769. The Morgan fingerprint density at radius 3 is 2.28 bits per heavy atom. The van der Waals surface area contributed by atoms with Crippen LogP contribution in [0.4, 0.5) is 16.2 Å². The van der Waals surface area contributed by atoms with E-state index in [1.54, 1.807) is 37.3 Å². The largest absolute Gasteiger partial charge is 0.507 e. The van der Waals surface area contributed by atoms with E-state index in [4.69, 9.17) is 28.4 Å². The summed E-state index contributed by atoms with van der Waals surface area (Å²) in [5.74, 6) is -6.76. The van der Waals surface area contributed by atoms with Crippen molar-refractivity contribution in [1.82, 2.24) is 25.8 Å². The van der Waals surface area contributed by atoms with Crippen molar-refractivity contribution in [3.05, 3.63) is 129 Å². The number of carbonyl (C=O) groups excluding carboxylic acids is 9. The maximum atomic E-state index is 14.8. The van der Waals surface area contributed by atoms with Gasteiger partial charge in [-0.1, -0.05) is 80.9 Å². The summed E-state index contributed by atoms with van der Waals surface area (Å²) in [7, 11) is 1.52. The van der Waals surface area contributed by atoms with E-state index in [1.807, 2.05) is 32.0 Å². The number of morpholine rings is 1. The van der Waals surface area contributed by atoms with Gasteiger partial charge in [-0.05, 0) is 62.8 Å². The van der Waals surface area contributed by atoms with Gasteiger partial charge in [0.15, 0.2) is 36.2 Å².